The molecule has 6 nitrogen and oxygen atoms in total. The van der Waals surface area contributed by atoms with Crippen LogP contribution in [0.4, 0.5) is 0 Å². The van der Waals surface area contributed by atoms with E-state index < -0.39 is 0 Å². The Hall–Kier alpha value is -3.28. The first kappa shape index (κ1) is 23.4. The van der Waals surface area contributed by atoms with Crippen molar-refractivity contribution in [1.82, 2.24) is 14.8 Å². The van der Waals surface area contributed by atoms with Gasteiger partial charge in [-0.25, -0.2) is 0 Å². The van der Waals surface area contributed by atoms with E-state index in [0.29, 0.717) is 25.6 Å². The lowest BCUT2D eigenvalue weighted by Gasteiger charge is -2.28. The Kier molecular flexibility index (Phi) is 7.92. The highest BCUT2D eigenvalue weighted by atomic mass is 16.5. The zero-order chi connectivity index (χ0) is 23.1. The molecule has 32 heavy (non-hydrogen) atoms. The standard InChI is InChI=1S/C26H33N3O3/c1-19(2)16-29(20(3)30)18-26(31)28(17-21-9-11-23(32-4)12-10-21)14-13-22-15-27-25-8-6-5-7-24(22)25/h5-12,15,19,27H,13-14,16-18H2,1-4H3. The van der Waals surface area contributed by atoms with E-state index in [1.54, 1.807) is 12.0 Å². The molecule has 2 amide bonds. The molecule has 0 aliphatic carbocycles. The van der Waals surface area contributed by atoms with Gasteiger partial charge in [0.1, 0.15) is 5.75 Å². The molecule has 0 bridgehead atoms. The number of aromatic amines is 1. The van der Waals surface area contributed by atoms with Crippen LogP contribution in [-0.4, -0.2) is 53.3 Å². The predicted molar refractivity (Wildman–Crippen MR) is 128 cm³/mol. The van der Waals surface area contributed by atoms with Gasteiger partial charge >= 0.3 is 0 Å². The lowest BCUT2D eigenvalue weighted by molar-refractivity contribution is -0.140. The summed E-state index contributed by atoms with van der Waals surface area (Å²) in [4.78, 5) is 32.2. The number of methoxy groups -OCH3 is 1. The normalized spacial score (nSPS) is 11.0. The Balaban J connectivity index is 1.77. The first-order valence-corrected chi connectivity index (χ1v) is 11.1. The summed E-state index contributed by atoms with van der Waals surface area (Å²) in [5, 5.41) is 1.18. The van der Waals surface area contributed by atoms with Crippen LogP contribution < -0.4 is 4.74 Å². The van der Waals surface area contributed by atoms with Crippen LogP contribution in [-0.2, 0) is 22.6 Å². The van der Waals surface area contributed by atoms with Gasteiger partial charge in [-0.1, -0.05) is 44.2 Å². The number of rotatable bonds is 10. The smallest absolute Gasteiger partial charge is 0.242 e. The third-order valence-corrected chi connectivity index (χ3v) is 5.57. The van der Waals surface area contributed by atoms with Crippen molar-refractivity contribution in [2.45, 2.75) is 33.7 Å². The number of hydrogen-bond donors (Lipinski definition) is 1. The van der Waals surface area contributed by atoms with Crippen LogP contribution in [0.5, 0.6) is 5.75 Å². The summed E-state index contributed by atoms with van der Waals surface area (Å²) in [6.07, 6.45) is 2.75. The number of carbonyl (C=O) groups excluding carboxylic acids is 2. The molecule has 0 aliphatic rings. The molecule has 0 aliphatic heterocycles. The molecule has 1 heterocycles. The first-order valence-electron chi connectivity index (χ1n) is 11.1. The van der Waals surface area contributed by atoms with E-state index in [1.165, 1.54) is 17.9 Å². The summed E-state index contributed by atoms with van der Waals surface area (Å²) in [6, 6.07) is 15.9. The summed E-state index contributed by atoms with van der Waals surface area (Å²) in [6.45, 7) is 7.34. The molecule has 0 saturated carbocycles. The fourth-order valence-electron chi connectivity index (χ4n) is 3.85. The van der Waals surface area contributed by atoms with Crippen molar-refractivity contribution < 1.29 is 14.3 Å². The second-order valence-electron chi connectivity index (χ2n) is 8.57. The third kappa shape index (κ3) is 6.13. The third-order valence-electron chi connectivity index (χ3n) is 5.57. The molecular formula is C26H33N3O3. The highest BCUT2D eigenvalue weighted by molar-refractivity contribution is 5.85. The molecule has 2 aromatic carbocycles. The van der Waals surface area contributed by atoms with Gasteiger partial charge in [-0.05, 0) is 41.7 Å². The predicted octanol–water partition coefficient (Wildman–Crippen LogP) is 4.25. The van der Waals surface area contributed by atoms with Gasteiger partial charge in [0.15, 0.2) is 0 Å². The topological polar surface area (TPSA) is 65.6 Å². The zero-order valence-electron chi connectivity index (χ0n) is 19.4. The number of ether oxygens (including phenoxy) is 1. The number of aromatic nitrogens is 1. The first-order chi connectivity index (χ1) is 15.4. The maximum Gasteiger partial charge on any atom is 0.242 e. The number of amides is 2. The second-order valence-corrected chi connectivity index (χ2v) is 8.57. The molecule has 0 atom stereocenters. The summed E-state index contributed by atoms with van der Waals surface area (Å²) in [5.41, 5.74) is 3.30. The highest BCUT2D eigenvalue weighted by Gasteiger charge is 2.21. The molecule has 1 N–H and O–H groups in total. The van der Waals surface area contributed by atoms with E-state index in [2.05, 4.69) is 17.1 Å². The minimum Gasteiger partial charge on any atom is -0.497 e. The van der Waals surface area contributed by atoms with Gasteiger partial charge < -0.3 is 19.5 Å². The number of nitrogens with one attached hydrogen (secondary N) is 1. The summed E-state index contributed by atoms with van der Waals surface area (Å²) >= 11 is 0. The van der Waals surface area contributed by atoms with Crippen molar-refractivity contribution in [3.05, 3.63) is 65.9 Å². The number of carbonyl (C=O) groups is 2. The van der Waals surface area contributed by atoms with Crippen molar-refractivity contribution in [3.8, 4) is 5.75 Å². The van der Waals surface area contributed by atoms with Gasteiger partial charge in [0.05, 0.1) is 13.7 Å². The van der Waals surface area contributed by atoms with Crippen LogP contribution >= 0.6 is 0 Å². The minimum absolute atomic E-state index is 0.0449. The van der Waals surface area contributed by atoms with Crippen LogP contribution in [0.15, 0.2) is 54.7 Å². The Morgan fingerprint density at radius 2 is 1.75 bits per heavy atom. The summed E-state index contributed by atoms with van der Waals surface area (Å²) in [5.74, 6) is 0.961. The van der Waals surface area contributed by atoms with Gasteiger partial charge in [-0.2, -0.15) is 0 Å². The van der Waals surface area contributed by atoms with E-state index in [9.17, 15) is 9.59 Å². The molecule has 6 heteroatoms. The average molecular weight is 436 g/mol. The largest absolute Gasteiger partial charge is 0.497 e. The monoisotopic (exact) mass is 435 g/mol. The van der Waals surface area contributed by atoms with Gasteiger partial charge in [0.25, 0.3) is 0 Å². The van der Waals surface area contributed by atoms with E-state index in [0.717, 1.165) is 23.3 Å². The van der Waals surface area contributed by atoms with Crippen molar-refractivity contribution in [2.75, 3.05) is 26.7 Å². The van der Waals surface area contributed by atoms with E-state index in [1.807, 2.05) is 61.3 Å². The number of benzene rings is 2. The highest BCUT2D eigenvalue weighted by Crippen LogP contribution is 2.19. The molecule has 3 aromatic rings. The van der Waals surface area contributed by atoms with Crippen LogP contribution in [0.1, 0.15) is 31.9 Å². The molecule has 0 radical (unpaired) electrons. The van der Waals surface area contributed by atoms with E-state index in [-0.39, 0.29) is 18.4 Å². The zero-order valence-corrected chi connectivity index (χ0v) is 19.4. The number of hydrogen-bond acceptors (Lipinski definition) is 3. The molecule has 1 aromatic heterocycles. The quantitative estimate of drug-likeness (QED) is 0.518. The number of para-hydroxylation sites is 1. The Morgan fingerprint density at radius 3 is 2.41 bits per heavy atom. The second kappa shape index (κ2) is 10.8. The van der Waals surface area contributed by atoms with Gasteiger partial charge in [-0.15, -0.1) is 0 Å². The number of H-pyrrole nitrogens is 1. The Labute approximate surface area is 190 Å². The molecule has 0 unspecified atom stereocenters. The number of nitrogens with zero attached hydrogens (tertiary/aromatic N) is 2. The van der Waals surface area contributed by atoms with Crippen LogP contribution in [0.25, 0.3) is 10.9 Å². The maximum atomic E-state index is 13.3. The fourth-order valence-corrected chi connectivity index (χ4v) is 3.85. The van der Waals surface area contributed by atoms with E-state index >= 15 is 0 Å². The Morgan fingerprint density at radius 1 is 1.03 bits per heavy atom. The lowest BCUT2D eigenvalue weighted by atomic mass is 10.1. The fraction of sp³-hybridized carbons (Fsp3) is 0.385. The average Bonchev–Trinajstić information content (AvgIpc) is 3.19. The Bertz CT molecular complexity index is 1040. The van der Waals surface area contributed by atoms with Crippen LogP contribution in [0.2, 0.25) is 0 Å². The lowest BCUT2D eigenvalue weighted by Crippen LogP contribution is -2.43. The molecule has 0 spiro atoms. The maximum absolute atomic E-state index is 13.3. The minimum atomic E-state index is -0.0759. The van der Waals surface area contributed by atoms with Crippen molar-refractivity contribution >= 4 is 22.7 Å². The molecule has 0 fully saturated rings. The van der Waals surface area contributed by atoms with Gasteiger partial charge in [0.2, 0.25) is 11.8 Å². The molecule has 3 rings (SSSR count). The van der Waals surface area contributed by atoms with E-state index in [4.69, 9.17) is 4.74 Å². The summed E-state index contributed by atoms with van der Waals surface area (Å²) < 4.78 is 5.25. The molecule has 0 saturated heterocycles. The van der Waals surface area contributed by atoms with Gasteiger partial charge in [0, 0.05) is 43.7 Å². The molecule has 170 valence electrons. The van der Waals surface area contributed by atoms with Crippen LogP contribution in [0, 0.1) is 5.92 Å². The van der Waals surface area contributed by atoms with Crippen molar-refractivity contribution in [2.24, 2.45) is 5.92 Å². The van der Waals surface area contributed by atoms with Crippen molar-refractivity contribution in [1.29, 1.82) is 0 Å². The van der Waals surface area contributed by atoms with Crippen molar-refractivity contribution in [3.63, 3.8) is 0 Å². The van der Waals surface area contributed by atoms with Gasteiger partial charge in [-0.3, -0.25) is 9.59 Å². The van der Waals surface area contributed by atoms with Crippen LogP contribution in [0.3, 0.4) is 0 Å². The summed E-state index contributed by atoms with van der Waals surface area (Å²) in [7, 11) is 1.64. The molecular weight excluding hydrogens is 402 g/mol. The number of fused-ring (bicyclic) bond motifs is 1. The SMILES string of the molecule is COc1ccc(CN(CCc2c[nH]c3ccccc23)C(=O)CN(CC(C)C)C(C)=O)cc1.